The van der Waals surface area contributed by atoms with Crippen LogP contribution in [0.1, 0.15) is 48.5 Å². The van der Waals surface area contributed by atoms with E-state index < -0.39 is 0 Å². The Labute approximate surface area is 115 Å². The average molecular weight is 260 g/mol. The third-order valence-corrected chi connectivity index (χ3v) is 3.81. The second kappa shape index (κ2) is 6.60. The highest BCUT2D eigenvalue weighted by Crippen LogP contribution is 2.24. The predicted molar refractivity (Wildman–Crippen MR) is 79.6 cm³/mol. The zero-order valence-electron chi connectivity index (χ0n) is 12.0. The van der Waals surface area contributed by atoms with Gasteiger partial charge >= 0.3 is 0 Å². The SMILES string of the molecule is CCNc1cc(C)ccc1C(=O)NCC1CCCC1. The summed E-state index contributed by atoms with van der Waals surface area (Å²) < 4.78 is 0. The van der Waals surface area contributed by atoms with Gasteiger partial charge in [-0.05, 0) is 50.3 Å². The van der Waals surface area contributed by atoms with E-state index in [-0.39, 0.29) is 5.91 Å². The lowest BCUT2D eigenvalue weighted by Crippen LogP contribution is -2.29. The van der Waals surface area contributed by atoms with E-state index in [2.05, 4.69) is 10.6 Å². The molecule has 19 heavy (non-hydrogen) atoms. The predicted octanol–water partition coefficient (Wildman–Crippen LogP) is 3.35. The normalized spacial score (nSPS) is 15.5. The van der Waals surface area contributed by atoms with Crippen LogP contribution in [0.4, 0.5) is 5.69 Å². The van der Waals surface area contributed by atoms with Crippen LogP contribution in [-0.2, 0) is 0 Å². The third kappa shape index (κ3) is 3.72. The van der Waals surface area contributed by atoms with Gasteiger partial charge in [0.2, 0.25) is 0 Å². The molecule has 0 unspecified atom stereocenters. The molecule has 1 fully saturated rings. The van der Waals surface area contributed by atoms with Crippen LogP contribution in [0.3, 0.4) is 0 Å². The molecule has 2 rings (SSSR count). The van der Waals surface area contributed by atoms with Gasteiger partial charge in [0.05, 0.1) is 5.56 Å². The second-order valence-corrected chi connectivity index (χ2v) is 5.44. The highest BCUT2D eigenvalue weighted by atomic mass is 16.1. The van der Waals surface area contributed by atoms with E-state index >= 15 is 0 Å². The van der Waals surface area contributed by atoms with Gasteiger partial charge in [-0.1, -0.05) is 18.9 Å². The van der Waals surface area contributed by atoms with E-state index in [1.165, 1.54) is 31.2 Å². The summed E-state index contributed by atoms with van der Waals surface area (Å²) in [6, 6.07) is 5.94. The van der Waals surface area contributed by atoms with Crippen molar-refractivity contribution in [2.45, 2.75) is 39.5 Å². The summed E-state index contributed by atoms with van der Waals surface area (Å²) in [5.74, 6) is 0.722. The fourth-order valence-corrected chi connectivity index (χ4v) is 2.74. The summed E-state index contributed by atoms with van der Waals surface area (Å²) >= 11 is 0. The number of nitrogens with one attached hydrogen (secondary N) is 2. The zero-order chi connectivity index (χ0) is 13.7. The van der Waals surface area contributed by atoms with Crippen LogP contribution < -0.4 is 10.6 Å². The van der Waals surface area contributed by atoms with E-state index in [0.717, 1.165) is 24.3 Å². The highest BCUT2D eigenvalue weighted by molar-refractivity contribution is 5.99. The minimum atomic E-state index is 0.0443. The molecule has 2 N–H and O–H groups in total. The monoisotopic (exact) mass is 260 g/mol. The first-order valence-corrected chi connectivity index (χ1v) is 7.33. The van der Waals surface area contributed by atoms with E-state index in [9.17, 15) is 4.79 Å². The van der Waals surface area contributed by atoms with Crippen molar-refractivity contribution in [3.63, 3.8) is 0 Å². The molecule has 1 aliphatic rings. The Morgan fingerprint density at radius 1 is 1.32 bits per heavy atom. The fraction of sp³-hybridized carbons (Fsp3) is 0.562. The molecule has 0 saturated heterocycles. The molecule has 0 aromatic heterocycles. The lowest BCUT2D eigenvalue weighted by atomic mass is 10.1. The molecule has 0 bridgehead atoms. The topological polar surface area (TPSA) is 41.1 Å². The molecule has 3 heteroatoms. The van der Waals surface area contributed by atoms with Crippen molar-refractivity contribution in [2.24, 2.45) is 5.92 Å². The van der Waals surface area contributed by atoms with Gasteiger partial charge in [0.1, 0.15) is 0 Å². The lowest BCUT2D eigenvalue weighted by molar-refractivity contribution is 0.0948. The van der Waals surface area contributed by atoms with Crippen molar-refractivity contribution in [1.29, 1.82) is 0 Å². The Bertz CT molecular complexity index is 436. The molecule has 1 amide bonds. The number of hydrogen-bond donors (Lipinski definition) is 2. The first-order valence-electron chi connectivity index (χ1n) is 7.33. The highest BCUT2D eigenvalue weighted by Gasteiger charge is 2.17. The summed E-state index contributed by atoms with van der Waals surface area (Å²) in [5.41, 5.74) is 2.86. The number of benzene rings is 1. The molecule has 1 saturated carbocycles. The molecule has 1 aromatic rings. The van der Waals surface area contributed by atoms with Gasteiger partial charge in [-0.2, -0.15) is 0 Å². The minimum absolute atomic E-state index is 0.0443. The van der Waals surface area contributed by atoms with Gasteiger partial charge in [0, 0.05) is 18.8 Å². The first kappa shape index (κ1) is 13.9. The second-order valence-electron chi connectivity index (χ2n) is 5.44. The molecule has 0 heterocycles. The van der Waals surface area contributed by atoms with Crippen molar-refractivity contribution >= 4 is 11.6 Å². The lowest BCUT2D eigenvalue weighted by Gasteiger charge is -2.14. The summed E-state index contributed by atoms with van der Waals surface area (Å²) in [6.07, 6.45) is 5.14. The molecule has 104 valence electrons. The molecule has 0 atom stereocenters. The summed E-state index contributed by atoms with van der Waals surface area (Å²) in [6.45, 7) is 5.73. The quantitative estimate of drug-likeness (QED) is 0.852. The summed E-state index contributed by atoms with van der Waals surface area (Å²) in [5, 5.41) is 6.35. The third-order valence-electron chi connectivity index (χ3n) is 3.81. The van der Waals surface area contributed by atoms with Gasteiger partial charge < -0.3 is 10.6 Å². The molecule has 1 aliphatic carbocycles. The average Bonchev–Trinajstić information content (AvgIpc) is 2.90. The maximum atomic E-state index is 12.3. The van der Waals surface area contributed by atoms with Crippen molar-refractivity contribution in [3.05, 3.63) is 29.3 Å². The van der Waals surface area contributed by atoms with Crippen molar-refractivity contribution in [1.82, 2.24) is 5.32 Å². The largest absolute Gasteiger partial charge is 0.385 e. The molecule has 1 aromatic carbocycles. The number of carbonyl (C=O) groups is 1. The smallest absolute Gasteiger partial charge is 0.253 e. The number of hydrogen-bond acceptors (Lipinski definition) is 2. The Morgan fingerprint density at radius 3 is 2.74 bits per heavy atom. The number of rotatable bonds is 5. The van der Waals surface area contributed by atoms with E-state index in [4.69, 9.17) is 0 Å². The molecule has 3 nitrogen and oxygen atoms in total. The van der Waals surface area contributed by atoms with Crippen LogP contribution in [-0.4, -0.2) is 19.0 Å². The van der Waals surface area contributed by atoms with Crippen molar-refractivity contribution in [2.75, 3.05) is 18.4 Å². The number of aryl methyl sites for hydroxylation is 1. The first-order chi connectivity index (χ1) is 9.20. The van der Waals surface area contributed by atoms with E-state index in [1.807, 2.05) is 32.0 Å². The molecular weight excluding hydrogens is 236 g/mol. The van der Waals surface area contributed by atoms with Gasteiger partial charge in [0.15, 0.2) is 0 Å². The van der Waals surface area contributed by atoms with Crippen LogP contribution in [0.5, 0.6) is 0 Å². The van der Waals surface area contributed by atoms with Crippen molar-refractivity contribution < 1.29 is 4.79 Å². The molecule has 0 spiro atoms. The van der Waals surface area contributed by atoms with Crippen LogP contribution in [0.25, 0.3) is 0 Å². The van der Waals surface area contributed by atoms with E-state index in [0.29, 0.717) is 5.92 Å². The van der Waals surface area contributed by atoms with Crippen LogP contribution in [0, 0.1) is 12.8 Å². The van der Waals surface area contributed by atoms with Gasteiger partial charge in [-0.25, -0.2) is 0 Å². The molecule has 0 aliphatic heterocycles. The number of anilines is 1. The van der Waals surface area contributed by atoms with Crippen LogP contribution >= 0.6 is 0 Å². The summed E-state index contributed by atoms with van der Waals surface area (Å²) in [7, 11) is 0. The van der Waals surface area contributed by atoms with Gasteiger partial charge in [-0.15, -0.1) is 0 Å². The number of amides is 1. The Balaban J connectivity index is 2.00. The fourth-order valence-electron chi connectivity index (χ4n) is 2.74. The Morgan fingerprint density at radius 2 is 2.05 bits per heavy atom. The Kier molecular flexibility index (Phi) is 4.83. The van der Waals surface area contributed by atoms with Gasteiger partial charge in [0.25, 0.3) is 5.91 Å². The van der Waals surface area contributed by atoms with E-state index in [1.54, 1.807) is 0 Å². The van der Waals surface area contributed by atoms with Crippen LogP contribution in [0.2, 0.25) is 0 Å². The standard InChI is InChI=1S/C16H24N2O/c1-3-17-15-10-12(2)8-9-14(15)16(19)18-11-13-6-4-5-7-13/h8-10,13,17H,3-7,11H2,1-2H3,(H,18,19). The van der Waals surface area contributed by atoms with Crippen molar-refractivity contribution in [3.8, 4) is 0 Å². The zero-order valence-corrected chi connectivity index (χ0v) is 12.0. The molecular formula is C16H24N2O. The number of carbonyl (C=O) groups excluding carboxylic acids is 1. The van der Waals surface area contributed by atoms with Crippen LogP contribution in [0.15, 0.2) is 18.2 Å². The van der Waals surface area contributed by atoms with Gasteiger partial charge in [-0.3, -0.25) is 4.79 Å². The maximum absolute atomic E-state index is 12.3. The Hall–Kier alpha value is -1.51. The summed E-state index contributed by atoms with van der Waals surface area (Å²) in [4.78, 5) is 12.3. The minimum Gasteiger partial charge on any atom is -0.385 e. The molecule has 0 radical (unpaired) electrons. The maximum Gasteiger partial charge on any atom is 0.253 e.